The van der Waals surface area contributed by atoms with Crippen LogP contribution in [-0.4, -0.2) is 61.1 Å². The lowest BCUT2D eigenvalue weighted by molar-refractivity contribution is -0.125. The van der Waals surface area contributed by atoms with Crippen molar-refractivity contribution >= 4 is 34.9 Å². The lowest BCUT2D eigenvalue weighted by Gasteiger charge is -2.27. The number of hydrogen-bond acceptors (Lipinski definition) is 5. The second-order valence-corrected chi connectivity index (χ2v) is 9.05. The van der Waals surface area contributed by atoms with Crippen LogP contribution in [-0.2, 0) is 4.79 Å². The van der Waals surface area contributed by atoms with Crippen molar-refractivity contribution in [2.75, 3.05) is 39.5 Å². The third-order valence-corrected chi connectivity index (χ3v) is 6.92. The van der Waals surface area contributed by atoms with E-state index >= 15 is 0 Å². The summed E-state index contributed by atoms with van der Waals surface area (Å²) in [5.41, 5.74) is 0.630. The van der Waals surface area contributed by atoms with Gasteiger partial charge in [-0.3, -0.25) is 14.5 Å². The molecule has 2 aromatic rings. The van der Waals surface area contributed by atoms with Gasteiger partial charge < -0.3 is 10.2 Å². The molecular formula is C21H27N3O2S2. The molecule has 0 radical (unpaired) electrons. The number of thioether (sulfide) groups is 1. The van der Waals surface area contributed by atoms with E-state index < -0.39 is 0 Å². The van der Waals surface area contributed by atoms with Gasteiger partial charge in [0.05, 0.1) is 17.4 Å². The highest BCUT2D eigenvalue weighted by molar-refractivity contribution is 8.00. The van der Waals surface area contributed by atoms with Crippen molar-refractivity contribution in [2.45, 2.75) is 23.8 Å². The molecule has 2 amide bonds. The molecule has 7 heteroatoms. The van der Waals surface area contributed by atoms with Gasteiger partial charge >= 0.3 is 0 Å². The first-order valence-corrected chi connectivity index (χ1v) is 11.4. The first kappa shape index (κ1) is 20.9. The molecule has 0 spiro atoms. The van der Waals surface area contributed by atoms with Gasteiger partial charge in [0.15, 0.2) is 0 Å². The molecule has 28 heavy (non-hydrogen) atoms. The molecule has 150 valence electrons. The van der Waals surface area contributed by atoms with Crippen molar-refractivity contribution in [1.29, 1.82) is 0 Å². The number of likely N-dealkylation sites (tertiary alicyclic amines) is 1. The summed E-state index contributed by atoms with van der Waals surface area (Å²) in [5.74, 6) is 0.274. The molecule has 1 fully saturated rings. The second kappa shape index (κ2) is 10.1. The van der Waals surface area contributed by atoms with Crippen LogP contribution in [0.5, 0.6) is 0 Å². The maximum Gasteiger partial charge on any atom is 0.252 e. The fraction of sp³-hybridized carbons (Fsp3) is 0.429. The first-order valence-electron chi connectivity index (χ1n) is 9.54. The van der Waals surface area contributed by atoms with Crippen LogP contribution < -0.4 is 5.32 Å². The van der Waals surface area contributed by atoms with Gasteiger partial charge in [0.25, 0.3) is 5.91 Å². The Kier molecular flexibility index (Phi) is 7.53. The average Bonchev–Trinajstić information content (AvgIpc) is 3.41. The number of carbonyl (C=O) groups excluding carboxylic acids is 2. The fourth-order valence-corrected chi connectivity index (χ4v) is 5.17. The summed E-state index contributed by atoms with van der Waals surface area (Å²) in [6.07, 6.45) is 2.43. The molecule has 1 aliphatic heterocycles. The summed E-state index contributed by atoms with van der Waals surface area (Å²) in [6, 6.07) is 11.9. The summed E-state index contributed by atoms with van der Waals surface area (Å²) in [5, 5.41) is 5.22. The topological polar surface area (TPSA) is 52.7 Å². The summed E-state index contributed by atoms with van der Waals surface area (Å²) in [4.78, 5) is 30.9. The van der Waals surface area contributed by atoms with Crippen LogP contribution >= 0.6 is 23.1 Å². The zero-order valence-corrected chi connectivity index (χ0v) is 18.0. The minimum atomic E-state index is -0.0823. The van der Waals surface area contributed by atoms with Crippen LogP contribution in [0.1, 0.15) is 34.1 Å². The first-order chi connectivity index (χ1) is 13.6. The highest BCUT2D eigenvalue weighted by Gasteiger charge is 2.25. The van der Waals surface area contributed by atoms with E-state index in [2.05, 4.69) is 27.7 Å². The SMILES string of the molecule is CN(C)C(=O)CSc1ccccc1C(=O)NCC(c1cccs1)N1CCCC1. The number of thiophene rings is 1. The second-order valence-electron chi connectivity index (χ2n) is 7.06. The smallest absolute Gasteiger partial charge is 0.252 e. The maximum absolute atomic E-state index is 12.9. The van der Waals surface area contributed by atoms with Gasteiger partial charge in [0, 0.05) is 30.4 Å². The van der Waals surface area contributed by atoms with E-state index in [1.54, 1.807) is 30.3 Å². The van der Waals surface area contributed by atoms with E-state index in [0.717, 1.165) is 18.0 Å². The number of amides is 2. The molecule has 1 aromatic heterocycles. The van der Waals surface area contributed by atoms with Crippen molar-refractivity contribution < 1.29 is 9.59 Å². The van der Waals surface area contributed by atoms with Gasteiger partial charge in [-0.1, -0.05) is 18.2 Å². The number of rotatable bonds is 8. The normalized spacial score (nSPS) is 15.4. The molecule has 1 unspecified atom stereocenters. The standard InChI is InChI=1S/C21H27N3O2S2/c1-23(2)20(25)15-28-18-9-4-3-8-16(18)21(26)22-14-17(19-10-7-13-27-19)24-11-5-6-12-24/h3-4,7-10,13,17H,5-6,11-12,14-15H2,1-2H3,(H,22,26). The van der Waals surface area contributed by atoms with Gasteiger partial charge in [-0.25, -0.2) is 0 Å². The molecule has 5 nitrogen and oxygen atoms in total. The van der Waals surface area contributed by atoms with Crippen molar-refractivity contribution in [3.63, 3.8) is 0 Å². The van der Waals surface area contributed by atoms with Crippen LogP contribution in [0.3, 0.4) is 0 Å². The molecule has 1 aliphatic rings. The summed E-state index contributed by atoms with van der Waals surface area (Å²) < 4.78 is 0. The van der Waals surface area contributed by atoms with Crippen LogP contribution in [0.15, 0.2) is 46.7 Å². The third kappa shape index (κ3) is 5.37. The molecule has 1 saturated heterocycles. The van der Waals surface area contributed by atoms with Gasteiger partial charge in [-0.05, 0) is 49.5 Å². The van der Waals surface area contributed by atoms with Crippen LogP contribution in [0.2, 0.25) is 0 Å². The van der Waals surface area contributed by atoms with Crippen molar-refractivity contribution in [1.82, 2.24) is 15.1 Å². The average molecular weight is 418 g/mol. The number of nitrogens with zero attached hydrogens (tertiary/aromatic N) is 2. The molecule has 1 atom stereocenters. The van der Waals surface area contributed by atoms with Gasteiger partial charge in [0.1, 0.15) is 0 Å². The largest absolute Gasteiger partial charge is 0.350 e. The molecule has 1 aromatic carbocycles. The predicted octanol–water partition coefficient (Wildman–Crippen LogP) is 3.50. The zero-order valence-electron chi connectivity index (χ0n) is 16.4. The maximum atomic E-state index is 12.9. The molecule has 0 bridgehead atoms. The van der Waals surface area contributed by atoms with E-state index in [1.165, 1.54) is 29.5 Å². The van der Waals surface area contributed by atoms with Crippen molar-refractivity contribution in [3.05, 3.63) is 52.2 Å². The van der Waals surface area contributed by atoms with Gasteiger partial charge in [0.2, 0.25) is 5.91 Å². The van der Waals surface area contributed by atoms with Crippen molar-refractivity contribution in [3.8, 4) is 0 Å². The molecule has 2 heterocycles. The monoisotopic (exact) mass is 417 g/mol. The van der Waals surface area contributed by atoms with E-state index in [0.29, 0.717) is 17.9 Å². The number of carbonyl (C=O) groups is 2. The van der Waals surface area contributed by atoms with Gasteiger partial charge in [-0.15, -0.1) is 23.1 Å². The lowest BCUT2D eigenvalue weighted by atomic mass is 10.1. The molecular weight excluding hydrogens is 390 g/mol. The number of benzene rings is 1. The summed E-state index contributed by atoms with van der Waals surface area (Å²) in [6.45, 7) is 2.75. The van der Waals surface area contributed by atoms with E-state index in [1.807, 2.05) is 24.3 Å². The molecule has 3 rings (SSSR count). The Morgan fingerprint density at radius 3 is 2.61 bits per heavy atom. The van der Waals surface area contributed by atoms with Crippen LogP contribution in [0, 0.1) is 0 Å². The van der Waals surface area contributed by atoms with Crippen molar-refractivity contribution in [2.24, 2.45) is 0 Å². The third-order valence-electron chi connectivity index (χ3n) is 4.89. The summed E-state index contributed by atoms with van der Waals surface area (Å²) >= 11 is 3.15. The Balaban J connectivity index is 1.66. The predicted molar refractivity (Wildman–Crippen MR) is 116 cm³/mol. The van der Waals surface area contributed by atoms with E-state index in [9.17, 15) is 9.59 Å². The number of nitrogens with one attached hydrogen (secondary N) is 1. The molecule has 0 aliphatic carbocycles. The molecule has 0 saturated carbocycles. The Labute approximate surface area is 175 Å². The Bertz CT molecular complexity index is 787. The van der Waals surface area contributed by atoms with Gasteiger partial charge in [-0.2, -0.15) is 0 Å². The minimum Gasteiger partial charge on any atom is -0.350 e. The van der Waals surface area contributed by atoms with E-state index in [-0.39, 0.29) is 17.9 Å². The molecule has 1 N–H and O–H groups in total. The van der Waals surface area contributed by atoms with Crippen LogP contribution in [0.25, 0.3) is 0 Å². The minimum absolute atomic E-state index is 0.0343. The van der Waals surface area contributed by atoms with Crippen LogP contribution in [0.4, 0.5) is 0 Å². The number of hydrogen-bond donors (Lipinski definition) is 1. The lowest BCUT2D eigenvalue weighted by Crippen LogP contribution is -2.36. The highest BCUT2D eigenvalue weighted by atomic mass is 32.2. The highest BCUT2D eigenvalue weighted by Crippen LogP contribution is 2.28. The Hall–Kier alpha value is -1.83. The Morgan fingerprint density at radius 2 is 1.93 bits per heavy atom. The zero-order chi connectivity index (χ0) is 19.9. The Morgan fingerprint density at radius 1 is 1.18 bits per heavy atom. The quantitative estimate of drug-likeness (QED) is 0.668. The fourth-order valence-electron chi connectivity index (χ4n) is 3.28. The van der Waals surface area contributed by atoms with E-state index in [4.69, 9.17) is 0 Å². The summed E-state index contributed by atoms with van der Waals surface area (Å²) in [7, 11) is 3.48.